The quantitative estimate of drug-likeness (QED) is 0.761. The molecule has 17 heavy (non-hydrogen) atoms. The standard InChI is InChI=1S/C13H17N3.ClH/c14-10-6-7-11-12(8-10)16-13(15-11)9-4-2-1-3-5-9;/h6-9H,1-5,14H2,(H,15,16);1H. The van der Waals surface area contributed by atoms with Gasteiger partial charge in [0.1, 0.15) is 5.82 Å². The fourth-order valence-corrected chi connectivity index (χ4v) is 2.62. The summed E-state index contributed by atoms with van der Waals surface area (Å²) >= 11 is 0. The molecule has 4 heteroatoms. The van der Waals surface area contributed by atoms with E-state index in [1.807, 2.05) is 18.2 Å². The first-order chi connectivity index (χ1) is 7.83. The van der Waals surface area contributed by atoms with Crippen molar-refractivity contribution in [3.8, 4) is 0 Å². The third-order valence-electron chi connectivity index (χ3n) is 3.52. The Morgan fingerprint density at radius 3 is 2.71 bits per heavy atom. The summed E-state index contributed by atoms with van der Waals surface area (Å²) in [5.74, 6) is 1.78. The van der Waals surface area contributed by atoms with E-state index < -0.39 is 0 Å². The number of halogens is 1. The largest absolute Gasteiger partial charge is 0.399 e. The summed E-state index contributed by atoms with van der Waals surface area (Å²) in [4.78, 5) is 8.08. The molecule has 0 saturated heterocycles. The SMILES string of the molecule is Cl.Nc1ccc2nc(C3CCCCC3)[nH]c2c1. The number of nitrogens with zero attached hydrogens (tertiary/aromatic N) is 1. The Morgan fingerprint density at radius 1 is 1.18 bits per heavy atom. The van der Waals surface area contributed by atoms with Crippen molar-refractivity contribution in [2.75, 3.05) is 5.73 Å². The summed E-state index contributed by atoms with van der Waals surface area (Å²) < 4.78 is 0. The number of fused-ring (bicyclic) bond motifs is 1. The highest BCUT2D eigenvalue weighted by molar-refractivity contribution is 5.85. The lowest BCUT2D eigenvalue weighted by Gasteiger charge is -2.18. The van der Waals surface area contributed by atoms with Crippen LogP contribution in [0.4, 0.5) is 5.69 Å². The Balaban J connectivity index is 0.00000108. The van der Waals surface area contributed by atoms with Crippen LogP contribution in [-0.4, -0.2) is 9.97 Å². The minimum Gasteiger partial charge on any atom is -0.399 e. The lowest BCUT2D eigenvalue weighted by atomic mass is 9.89. The highest BCUT2D eigenvalue weighted by atomic mass is 35.5. The van der Waals surface area contributed by atoms with Crippen molar-refractivity contribution in [3.63, 3.8) is 0 Å². The van der Waals surface area contributed by atoms with Gasteiger partial charge in [0.15, 0.2) is 0 Å². The Labute approximate surface area is 107 Å². The Hall–Kier alpha value is -1.22. The molecular weight excluding hydrogens is 234 g/mol. The van der Waals surface area contributed by atoms with E-state index in [1.54, 1.807) is 0 Å². The summed E-state index contributed by atoms with van der Waals surface area (Å²) in [6, 6.07) is 5.87. The van der Waals surface area contributed by atoms with Crippen LogP contribution in [0.15, 0.2) is 18.2 Å². The molecule has 2 aromatic rings. The van der Waals surface area contributed by atoms with Crippen molar-refractivity contribution < 1.29 is 0 Å². The fraction of sp³-hybridized carbons (Fsp3) is 0.462. The predicted octanol–water partition coefficient (Wildman–Crippen LogP) is 3.61. The van der Waals surface area contributed by atoms with Crippen molar-refractivity contribution in [2.45, 2.75) is 38.0 Å². The number of hydrogen-bond acceptors (Lipinski definition) is 2. The normalized spacial score (nSPS) is 16.9. The number of nitrogen functional groups attached to an aromatic ring is 1. The minimum absolute atomic E-state index is 0. The molecule has 92 valence electrons. The lowest BCUT2D eigenvalue weighted by Crippen LogP contribution is -2.05. The smallest absolute Gasteiger partial charge is 0.110 e. The van der Waals surface area contributed by atoms with Crippen LogP contribution in [0.25, 0.3) is 11.0 Å². The van der Waals surface area contributed by atoms with E-state index in [2.05, 4.69) is 9.97 Å². The number of imidazole rings is 1. The van der Waals surface area contributed by atoms with Gasteiger partial charge in [-0.1, -0.05) is 19.3 Å². The molecular formula is C13H18ClN3. The van der Waals surface area contributed by atoms with Crippen LogP contribution >= 0.6 is 12.4 Å². The van der Waals surface area contributed by atoms with Gasteiger partial charge in [-0.3, -0.25) is 0 Å². The first-order valence-electron chi connectivity index (χ1n) is 6.08. The third kappa shape index (κ3) is 2.39. The van der Waals surface area contributed by atoms with Gasteiger partial charge in [0.05, 0.1) is 11.0 Å². The van der Waals surface area contributed by atoms with Crippen LogP contribution in [0.2, 0.25) is 0 Å². The van der Waals surface area contributed by atoms with Crippen LogP contribution in [0.1, 0.15) is 43.8 Å². The molecule has 0 atom stereocenters. The molecule has 1 aliphatic rings. The number of aromatic nitrogens is 2. The second-order valence-electron chi connectivity index (χ2n) is 4.73. The monoisotopic (exact) mass is 251 g/mol. The van der Waals surface area contributed by atoms with E-state index >= 15 is 0 Å². The number of rotatable bonds is 1. The van der Waals surface area contributed by atoms with Crippen LogP contribution in [0.5, 0.6) is 0 Å². The number of nitrogens with two attached hydrogens (primary N) is 1. The van der Waals surface area contributed by atoms with E-state index in [0.717, 1.165) is 22.5 Å². The summed E-state index contributed by atoms with van der Waals surface area (Å²) in [5.41, 5.74) is 8.67. The second kappa shape index (κ2) is 4.96. The number of anilines is 1. The van der Waals surface area contributed by atoms with Crippen molar-refractivity contribution in [1.82, 2.24) is 9.97 Å². The van der Waals surface area contributed by atoms with Crippen molar-refractivity contribution in [1.29, 1.82) is 0 Å². The second-order valence-corrected chi connectivity index (χ2v) is 4.73. The Kier molecular flexibility index (Phi) is 3.57. The molecule has 0 aliphatic heterocycles. The van der Waals surface area contributed by atoms with Gasteiger partial charge in [0.25, 0.3) is 0 Å². The zero-order valence-corrected chi connectivity index (χ0v) is 10.6. The predicted molar refractivity (Wildman–Crippen MR) is 73.6 cm³/mol. The molecule has 3 N–H and O–H groups in total. The van der Waals surface area contributed by atoms with Gasteiger partial charge in [-0.2, -0.15) is 0 Å². The lowest BCUT2D eigenvalue weighted by molar-refractivity contribution is 0.431. The molecule has 1 saturated carbocycles. The average Bonchev–Trinajstić information content (AvgIpc) is 2.73. The molecule has 1 aliphatic carbocycles. The number of benzene rings is 1. The van der Waals surface area contributed by atoms with Gasteiger partial charge in [0.2, 0.25) is 0 Å². The van der Waals surface area contributed by atoms with E-state index in [-0.39, 0.29) is 12.4 Å². The van der Waals surface area contributed by atoms with E-state index in [9.17, 15) is 0 Å². The summed E-state index contributed by atoms with van der Waals surface area (Å²) in [6.45, 7) is 0. The van der Waals surface area contributed by atoms with Crippen LogP contribution in [0, 0.1) is 0 Å². The summed E-state index contributed by atoms with van der Waals surface area (Å²) in [6.07, 6.45) is 6.60. The Morgan fingerprint density at radius 2 is 1.94 bits per heavy atom. The zero-order valence-electron chi connectivity index (χ0n) is 9.78. The third-order valence-corrected chi connectivity index (χ3v) is 3.52. The molecule has 0 radical (unpaired) electrons. The van der Waals surface area contributed by atoms with E-state index in [1.165, 1.54) is 32.1 Å². The van der Waals surface area contributed by atoms with Gasteiger partial charge < -0.3 is 10.7 Å². The first kappa shape index (κ1) is 12.2. The molecule has 0 spiro atoms. The zero-order chi connectivity index (χ0) is 11.0. The van der Waals surface area contributed by atoms with Gasteiger partial charge in [-0.15, -0.1) is 12.4 Å². The summed E-state index contributed by atoms with van der Waals surface area (Å²) in [7, 11) is 0. The summed E-state index contributed by atoms with van der Waals surface area (Å²) in [5, 5.41) is 0. The van der Waals surface area contributed by atoms with Gasteiger partial charge in [-0.05, 0) is 31.0 Å². The van der Waals surface area contributed by atoms with Crippen molar-refractivity contribution in [3.05, 3.63) is 24.0 Å². The average molecular weight is 252 g/mol. The number of nitrogens with one attached hydrogen (secondary N) is 1. The topological polar surface area (TPSA) is 54.7 Å². The molecule has 1 aromatic heterocycles. The molecule has 1 heterocycles. The number of hydrogen-bond donors (Lipinski definition) is 2. The van der Waals surface area contributed by atoms with Gasteiger partial charge in [0, 0.05) is 11.6 Å². The molecule has 3 nitrogen and oxygen atoms in total. The van der Waals surface area contributed by atoms with Crippen LogP contribution in [0.3, 0.4) is 0 Å². The molecule has 0 amide bonds. The first-order valence-corrected chi connectivity index (χ1v) is 6.08. The highest BCUT2D eigenvalue weighted by Crippen LogP contribution is 2.32. The number of H-pyrrole nitrogens is 1. The molecule has 0 bridgehead atoms. The van der Waals surface area contributed by atoms with Crippen LogP contribution < -0.4 is 5.73 Å². The van der Waals surface area contributed by atoms with Crippen molar-refractivity contribution >= 4 is 29.1 Å². The minimum atomic E-state index is 0. The maximum absolute atomic E-state index is 5.76. The fourth-order valence-electron chi connectivity index (χ4n) is 2.62. The van der Waals surface area contributed by atoms with E-state index in [0.29, 0.717) is 5.92 Å². The van der Waals surface area contributed by atoms with Crippen molar-refractivity contribution in [2.24, 2.45) is 0 Å². The number of aromatic amines is 1. The Bertz CT molecular complexity index is 500. The molecule has 3 rings (SSSR count). The molecule has 0 unspecified atom stereocenters. The maximum atomic E-state index is 5.76. The molecule has 1 aromatic carbocycles. The van der Waals surface area contributed by atoms with Gasteiger partial charge >= 0.3 is 0 Å². The van der Waals surface area contributed by atoms with Crippen LogP contribution in [-0.2, 0) is 0 Å². The maximum Gasteiger partial charge on any atom is 0.110 e. The van der Waals surface area contributed by atoms with Gasteiger partial charge in [-0.25, -0.2) is 4.98 Å². The molecule has 1 fully saturated rings. The van der Waals surface area contributed by atoms with E-state index in [4.69, 9.17) is 5.73 Å². The highest BCUT2D eigenvalue weighted by Gasteiger charge is 2.18.